The van der Waals surface area contributed by atoms with Crippen LogP contribution in [0.1, 0.15) is 41.8 Å². The Balaban J connectivity index is 2.02. The van der Waals surface area contributed by atoms with Gasteiger partial charge in [0.25, 0.3) is 0 Å². The smallest absolute Gasteiger partial charge is 0.176 e. The molecule has 0 bridgehead atoms. The minimum absolute atomic E-state index is 0.0391. The number of aryl methyl sites for hydroxylation is 2. The summed E-state index contributed by atoms with van der Waals surface area (Å²) >= 11 is 0. The van der Waals surface area contributed by atoms with Crippen LogP contribution in [0.2, 0.25) is 0 Å². The molecule has 2 rings (SSSR count). The Labute approximate surface area is 121 Å². The summed E-state index contributed by atoms with van der Waals surface area (Å²) in [6.45, 7) is 5.77. The van der Waals surface area contributed by atoms with E-state index in [1.54, 1.807) is 0 Å². The predicted molar refractivity (Wildman–Crippen MR) is 79.7 cm³/mol. The van der Waals surface area contributed by atoms with Crippen molar-refractivity contribution in [3.63, 3.8) is 0 Å². The molecule has 3 nitrogen and oxygen atoms in total. The molecule has 1 unspecified atom stereocenters. The van der Waals surface area contributed by atoms with E-state index in [1.807, 2.05) is 24.8 Å². The van der Waals surface area contributed by atoms with E-state index in [-0.39, 0.29) is 11.7 Å². The second-order valence-electron chi connectivity index (χ2n) is 5.62. The summed E-state index contributed by atoms with van der Waals surface area (Å²) in [7, 11) is 0. The number of carbonyl (C=O) groups is 1. The maximum atomic E-state index is 12.4. The fourth-order valence-corrected chi connectivity index (χ4v) is 2.77. The van der Waals surface area contributed by atoms with Crippen molar-refractivity contribution in [3.8, 4) is 6.07 Å². The topological polar surface area (TPSA) is 44.1 Å². The Morgan fingerprint density at radius 2 is 2.15 bits per heavy atom. The minimum atomic E-state index is -0.0391. The summed E-state index contributed by atoms with van der Waals surface area (Å²) in [6, 6.07) is 8.34. The maximum Gasteiger partial charge on any atom is 0.176 e. The van der Waals surface area contributed by atoms with Gasteiger partial charge in [0, 0.05) is 12.1 Å². The molecule has 20 heavy (non-hydrogen) atoms. The van der Waals surface area contributed by atoms with E-state index in [2.05, 4.69) is 18.2 Å². The molecule has 1 aliphatic carbocycles. The third kappa shape index (κ3) is 3.46. The van der Waals surface area contributed by atoms with Crippen molar-refractivity contribution in [3.05, 3.63) is 34.9 Å². The number of hydrogen-bond acceptors (Lipinski definition) is 3. The lowest BCUT2D eigenvalue weighted by molar-refractivity contribution is 0.0929. The van der Waals surface area contributed by atoms with Crippen molar-refractivity contribution in [1.29, 1.82) is 5.26 Å². The highest BCUT2D eigenvalue weighted by Gasteiger charge is 2.16. The molecule has 0 radical (unpaired) electrons. The SMILES string of the molecule is CCN(CC(=O)c1ccc2c(c1)CCC2)CC(C)C#N. The van der Waals surface area contributed by atoms with Crippen LogP contribution in [0.15, 0.2) is 18.2 Å². The zero-order valence-electron chi connectivity index (χ0n) is 12.4. The van der Waals surface area contributed by atoms with Crippen LogP contribution in [-0.4, -0.2) is 30.3 Å². The van der Waals surface area contributed by atoms with Gasteiger partial charge in [0.1, 0.15) is 0 Å². The molecule has 0 spiro atoms. The van der Waals surface area contributed by atoms with Crippen LogP contribution in [0.5, 0.6) is 0 Å². The fraction of sp³-hybridized carbons (Fsp3) is 0.529. The molecule has 0 amide bonds. The Morgan fingerprint density at radius 1 is 1.40 bits per heavy atom. The number of fused-ring (bicyclic) bond motifs is 1. The van der Waals surface area contributed by atoms with Gasteiger partial charge in [0.15, 0.2) is 5.78 Å². The summed E-state index contributed by atoms with van der Waals surface area (Å²) in [5.74, 6) is 0.120. The number of benzene rings is 1. The van der Waals surface area contributed by atoms with Crippen LogP contribution >= 0.6 is 0 Å². The van der Waals surface area contributed by atoms with Gasteiger partial charge in [0.05, 0.1) is 18.5 Å². The second-order valence-corrected chi connectivity index (χ2v) is 5.62. The first-order valence-corrected chi connectivity index (χ1v) is 7.41. The molecular formula is C17H22N2O. The predicted octanol–water partition coefficient (Wildman–Crippen LogP) is 2.84. The second kappa shape index (κ2) is 6.67. The lowest BCUT2D eigenvalue weighted by Crippen LogP contribution is -2.33. The van der Waals surface area contributed by atoms with Gasteiger partial charge in [-0.2, -0.15) is 5.26 Å². The molecule has 0 N–H and O–H groups in total. The van der Waals surface area contributed by atoms with E-state index < -0.39 is 0 Å². The lowest BCUT2D eigenvalue weighted by Gasteiger charge is -2.20. The van der Waals surface area contributed by atoms with Gasteiger partial charge < -0.3 is 0 Å². The molecule has 0 saturated carbocycles. The molecule has 3 heteroatoms. The number of hydrogen-bond donors (Lipinski definition) is 0. The summed E-state index contributed by atoms with van der Waals surface area (Å²) in [4.78, 5) is 14.4. The third-order valence-corrected chi connectivity index (χ3v) is 3.99. The van der Waals surface area contributed by atoms with E-state index >= 15 is 0 Å². The molecule has 0 aromatic heterocycles. The molecule has 1 aromatic carbocycles. The van der Waals surface area contributed by atoms with Crippen LogP contribution < -0.4 is 0 Å². The molecule has 0 fully saturated rings. The first kappa shape index (κ1) is 14.7. The summed E-state index contributed by atoms with van der Waals surface area (Å²) in [5.41, 5.74) is 3.55. The van der Waals surface area contributed by atoms with Gasteiger partial charge in [-0.3, -0.25) is 9.69 Å². The molecule has 1 atom stereocenters. The number of rotatable bonds is 6. The highest BCUT2D eigenvalue weighted by Crippen LogP contribution is 2.23. The molecule has 1 aliphatic rings. The van der Waals surface area contributed by atoms with Crippen molar-refractivity contribution < 1.29 is 4.79 Å². The summed E-state index contributed by atoms with van der Waals surface area (Å²) in [6.07, 6.45) is 3.44. The molecule has 0 heterocycles. The minimum Gasteiger partial charge on any atom is -0.295 e. The number of ketones is 1. The zero-order chi connectivity index (χ0) is 14.5. The average Bonchev–Trinajstić information content (AvgIpc) is 2.93. The lowest BCUT2D eigenvalue weighted by atomic mass is 10.0. The van der Waals surface area contributed by atoms with Gasteiger partial charge in [-0.1, -0.05) is 19.1 Å². The zero-order valence-corrected chi connectivity index (χ0v) is 12.4. The quantitative estimate of drug-likeness (QED) is 0.747. The van der Waals surface area contributed by atoms with Gasteiger partial charge in [-0.05, 0) is 49.9 Å². The van der Waals surface area contributed by atoms with Crippen LogP contribution in [-0.2, 0) is 12.8 Å². The fourth-order valence-electron chi connectivity index (χ4n) is 2.77. The van der Waals surface area contributed by atoms with E-state index in [9.17, 15) is 4.79 Å². The highest BCUT2D eigenvalue weighted by atomic mass is 16.1. The van der Waals surface area contributed by atoms with Crippen LogP contribution in [0, 0.1) is 17.2 Å². The monoisotopic (exact) mass is 270 g/mol. The molecule has 1 aromatic rings. The van der Waals surface area contributed by atoms with Crippen molar-refractivity contribution in [2.45, 2.75) is 33.1 Å². The Bertz CT molecular complexity index is 530. The van der Waals surface area contributed by atoms with E-state index in [0.717, 1.165) is 24.9 Å². The highest BCUT2D eigenvalue weighted by molar-refractivity contribution is 5.97. The molecular weight excluding hydrogens is 248 g/mol. The normalized spacial score (nSPS) is 14.9. The summed E-state index contributed by atoms with van der Waals surface area (Å²) < 4.78 is 0. The molecule has 0 aliphatic heterocycles. The van der Waals surface area contributed by atoms with Gasteiger partial charge in [0.2, 0.25) is 0 Å². The molecule has 0 saturated heterocycles. The van der Waals surface area contributed by atoms with Crippen LogP contribution in [0.25, 0.3) is 0 Å². The van der Waals surface area contributed by atoms with Crippen molar-refractivity contribution >= 4 is 5.78 Å². The number of Topliss-reactive ketones (excluding diaryl/α,β-unsaturated/α-hetero) is 1. The average molecular weight is 270 g/mol. The molecule has 106 valence electrons. The van der Waals surface area contributed by atoms with Gasteiger partial charge in [-0.15, -0.1) is 0 Å². The van der Waals surface area contributed by atoms with E-state index in [0.29, 0.717) is 13.1 Å². The first-order chi connectivity index (χ1) is 9.63. The van der Waals surface area contributed by atoms with Crippen molar-refractivity contribution in [1.82, 2.24) is 4.90 Å². The summed E-state index contributed by atoms with van der Waals surface area (Å²) in [5, 5.41) is 8.87. The standard InChI is InChI=1S/C17H22N2O/c1-3-19(11-13(2)10-18)12-17(20)16-8-7-14-5-4-6-15(14)9-16/h7-9,13H,3-6,11-12H2,1-2H3. The Kier molecular flexibility index (Phi) is 4.92. The van der Waals surface area contributed by atoms with Crippen molar-refractivity contribution in [2.24, 2.45) is 5.92 Å². The third-order valence-electron chi connectivity index (χ3n) is 3.99. The number of carbonyl (C=O) groups excluding carboxylic acids is 1. The van der Waals surface area contributed by atoms with Gasteiger partial charge in [-0.25, -0.2) is 0 Å². The number of nitriles is 1. The van der Waals surface area contributed by atoms with Crippen molar-refractivity contribution in [2.75, 3.05) is 19.6 Å². The number of nitrogens with zero attached hydrogens (tertiary/aromatic N) is 2. The van der Waals surface area contributed by atoms with Crippen LogP contribution in [0.4, 0.5) is 0 Å². The first-order valence-electron chi connectivity index (χ1n) is 7.41. The van der Waals surface area contributed by atoms with E-state index in [1.165, 1.54) is 17.5 Å². The van der Waals surface area contributed by atoms with Crippen LogP contribution in [0.3, 0.4) is 0 Å². The Morgan fingerprint density at radius 3 is 2.85 bits per heavy atom. The van der Waals surface area contributed by atoms with E-state index in [4.69, 9.17) is 5.26 Å². The number of likely N-dealkylation sites (N-methyl/N-ethyl adjacent to an activating group) is 1. The largest absolute Gasteiger partial charge is 0.295 e. The Hall–Kier alpha value is -1.66. The van der Waals surface area contributed by atoms with Gasteiger partial charge >= 0.3 is 0 Å². The maximum absolute atomic E-state index is 12.4.